The van der Waals surface area contributed by atoms with Gasteiger partial charge in [0.15, 0.2) is 0 Å². The topological polar surface area (TPSA) is 23.4 Å². The highest BCUT2D eigenvalue weighted by Crippen LogP contribution is 2.38. The van der Waals surface area contributed by atoms with Crippen molar-refractivity contribution in [1.29, 1.82) is 0 Å². The summed E-state index contributed by atoms with van der Waals surface area (Å²) in [6.07, 6.45) is 0. The molecule has 0 N–H and O–H groups in total. The Kier molecular flexibility index (Phi) is 4.49. The van der Waals surface area contributed by atoms with Crippen LogP contribution >= 0.6 is 0 Å². The Labute approximate surface area is 195 Å². The predicted molar refractivity (Wildman–Crippen MR) is 138 cm³/mol. The molecule has 1 saturated heterocycles. The van der Waals surface area contributed by atoms with Gasteiger partial charge in [0.1, 0.15) is 0 Å². The van der Waals surface area contributed by atoms with Crippen molar-refractivity contribution in [2.45, 2.75) is 45.4 Å². The monoisotopic (exact) mass is 433 g/mol. The molecule has 0 bridgehead atoms. The lowest BCUT2D eigenvalue weighted by molar-refractivity contribution is 0.00578. The van der Waals surface area contributed by atoms with E-state index in [1.54, 1.807) is 0 Å². The minimum absolute atomic E-state index is 0.362. The highest BCUT2D eigenvalue weighted by atomic mass is 16.7. The molecule has 2 heterocycles. The summed E-state index contributed by atoms with van der Waals surface area (Å²) in [7, 11) is -0.376. The van der Waals surface area contributed by atoms with E-state index < -0.39 is 0 Å². The van der Waals surface area contributed by atoms with E-state index in [2.05, 4.69) is 117 Å². The van der Waals surface area contributed by atoms with Crippen LogP contribution in [0.3, 0.4) is 0 Å². The lowest BCUT2D eigenvalue weighted by Gasteiger charge is -2.32. The van der Waals surface area contributed by atoms with E-state index in [0.717, 1.165) is 12.0 Å². The molecule has 6 rings (SSSR count). The van der Waals surface area contributed by atoms with Crippen molar-refractivity contribution < 1.29 is 9.31 Å². The maximum atomic E-state index is 6.37. The Morgan fingerprint density at radius 3 is 2.15 bits per heavy atom. The predicted octanol–water partition coefficient (Wildman–Crippen LogP) is 6.30. The zero-order chi connectivity index (χ0) is 22.8. The maximum absolute atomic E-state index is 6.37. The van der Waals surface area contributed by atoms with Gasteiger partial charge in [0.2, 0.25) is 0 Å². The van der Waals surface area contributed by atoms with Gasteiger partial charge in [-0.1, -0.05) is 72.8 Å². The maximum Gasteiger partial charge on any atom is 0.494 e. The summed E-state index contributed by atoms with van der Waals surface area (Å²) >= 11 is 0. The molecular weight excluding hydrogens is 405 g/mol. The summed E-state index contributed by atoms with van der Waals surface area (Å²) in [5.41, 5.74) is 4.07. The third-order valence-corrected chi connectivity index (χ3v) is 7.49. The van der Waals surface area contributed by atoms with Crippen LogP contribution in [0.4, 0.5) is 0 Å². The second-order valence-electron chi connectivity index (χ2n) is 10.1. The van der Waals surface area contributed by atoms with Gasteiger partial charge < -0.3 is 13.9 Å². The first-order chi connectivity index (χ1) is 15.8. The standard InChI is InChI=1S/C29H28BNO2/c1-28(2)29(3,4)33-30(32-28)22-15-16-24-26(18-22)31(19-20-10-6-5-7-11-20)25-17-14-21-12-8-9-13-23(21)27(24)25/h5-18H,19H2,1-4H3. The van der Waals surface area contributed by atoms with Crippen molar-refractivity contribution in [3.05, 3.63) is 90.5 Å². The zero-order valence-electron chi connectivity index (χ0n) is 19.6. The van der Waals surface area contributed by atoms with Crippen molar-refractivity contribution in [3.63, 3.8) is 0 Å². The fourth-order valence-electron chi connectivity index (χ4n) is 4.94. The minimum atomic E-state index is -0.376. The second kappa shape index (κ2) is 7.21. The van der Waals surface area contributed by atoms with Gasteiger partial charge in [-0.15, -0.1) is 0 Å². The van der Waals surface area contributed by atoms with Crippen LogP contribution in [-0.4, -0.2) is 22.9 Å². The van der Waals surface area contributed by atoms with E-state index in [1.165, 1.54) is 38.1 Å². The fourth-order valence-corrected chi connectivity index (χ4v) is 4.94. The highest BCUT2D eigenvalue weighted by Gasteiger charge is 2.51. The molecule has 0 amide bonds. The number of hydrogen-bond donors (Lipinski definition) is 0. The van der Waals surface area contributed by atoms with Crippen molar-refractivity contribution in [2.24, 2.45) is 0 Å². The first-order valence-electron chi connectivity index (χ1n) is 11.7. The quantitative estimate of drug-likeness (QED) is 0.312. The summed E-state index contributed by atoms with van der Waals surface area (Å²) in [5, 5.41) is 5.12. The highest BCUT2D eigenvalue weighted by molar-refractivity contribution is 6.62. The summed E-state index contributed by atoms with van der Waals surface area (Å²) in [5.74, 6) is 0. The van der Waals surface area contributed by atoms with Gasteiger partial charge in [-0.25, -0.2) is 0 Å². The van der Waals surface area contributed by atoms with E-state index in [9.17, 15) is 0 Å². The molecular formula is C29H28BNO2. The van der Waals surface area contributed by atoms with Crippen molar-refractivity contribution in [2.75, 3.05) is 0 Å². The smallest absolute Gasteiger partial charge is 0.399 e. The summed E-state index contributed by atoms with van der Waals surface area (Å²) in [6.45, 7) is 9.22. The van der Waals surface area contributed by atoms with Crippen LogP contribution < -0.4 is 5.46 Å². The van der Waals surface area contributed by atoms with E-state index in [-0.39, 0.29) is 18.3 Å². The normalized spacial score (nSPS) is 17.4. The van der Waals surface area contributed by atoms with Crippen LogP contribution in [0.2, 0.25) is 0 Å². The summed E-state index contributed by atoms with van der Waals surface area (Å²) < 4.78 is 15.2. The average molecular weight is 433 g/mol. The Balaban J connectivity index is 1.59. The molecule has 33 heavy (non-hydrogen) atoms. The molecule has 1 aromatic heterocycles. The van der Waals surface area contributed by atoms with Crippen LogP contribution in [0.1, 0.15) is 33.3 Å². The average Bonchev–Trinajstić information content (AvgIpc) is 3.24. The Bertz CT molecular complexity index is 1480. The Hall–Kier alpha value is -3.08. The summed E-state index contributed by atoms with van der Waals surface area (Å²) in [6, 6.07) is 30.5. The van der Waals surface area contributed by atoms with Crippen molar-refractivity contribution in [1.82, 2.24) is 4.57 Å². The number of benzene rings is 4. The van der Waals surface area contributed by atoms with Crippen molar-refractivity contribution >= 4 is 45.2 Å². The SMILES string of the molecule is CC1(C)OB(c2ccc3c4c5ccccc5ccc4n(Cc4ccccc4)c3c2)OC1(C)C. The number of fused-ring (bicyclic) bond motifs is 5. The minimum Gasteiger partial charge on any atom is -0.399 e. The van der Waals surface area contributed by atoms with Crippen molar-refractivity contribution in [3.8, 4) is 0 Å². The number of aromatic nitrogens is 1. The van der Waals surface area contributed by atoms with Crippen LogP contribution in [0.15, 0.2) is 84.9 Å². The van der Waals surface area contributed by atoms with Crippen LogP contribution in [0.5, 0.6) is 0 Å². The number of hydrogen-bond acceptors (Lipinski definition) is 2. The number of nitrogens with zero attached hydrogens (tertiary/aromatic N) is 1. The Morgan fingerprint density at radius 1 is 0.697 bits per heavy atom. The molecule has 1 aliphatic heterocycles. The number of rotatable bonds is 3. The second-order valence-corrected chi connectivity index (χ2v) is 10.1. The van der Waals surface area contributed by atoms with E-state index >= 15 is 0 Å². The van der Waals surface area contributed by atoms with Crippen LogP contribution in [0.25, 0.3) is 32.6 Å². The molecule has 4 aromatic carbocycles. The summed E-state index contributed by atoms with van der Waals surface area (Å²) in [4.78, 5) is 0. The van der Waals surface area contributed by atoms with Crippen LogP contribution in [0, 0.1) is 0 Å². The van der Waals surface area contributed by atoms with Gasteiger partial charge in [-0.3, -0.25) is 0 Å². The van der Waals surface area contributed by atoms with E-state index in [1.807, 2.05) is 0 Å². The molecule has 4 heteroatoms. The third-order valence-electron chi connectivity index (χ3n) is 7.49. The largest absolute Gasteiger partial charge is 0.494 e. The molecule has 1 fully saturated rings. The first kappa shape index (κ1) is 20.5. The molecule has 0 radical (unpaired) electrons. The molecule has 0 spiro atoms. The molecule has 1 aliphatic rings. The third kappa shape index (κ3) is 3.20. The van der Waals surface area contributed by atoms with Gasteiger partial charge in [0, 0.05) is 22.8 Å². The molecule has 0 saturated carbocycles. The van der Waals surface area contributed by atoms with Gasteiger partial charge >= 0.3 is 7.12 Å². The molecule has 0 atom stereocenters. The lowest BCUT2D eigenvalue weighted by Crippen LogP contribution is -2.41. The van der Waals surface area contributed by atoms with Gasteiger partial charge in [-0.05, 0) is 61.6 Å². The molecule has 0 unspecified atom stereocenters. The van der Waals surface area contributed by atoms with E-state index in [4.69, 9.17) is 9.31 Å². The molecule has 164 valence electrons. The van der Waals surface area contributed by atoms with E-state index in [0.29, 0.717) is 0 Å². The molecule has 5 aromatic rings. The van der Waals surface area contributed by atoms with Gasteiger partial charge in [0.05, 0.1) is 16.7 Å². The first-order valence-corrected chi connectivity index (χ1v) is 11.7. The molecule has 3 nitrogen and oxygen atoms in total. The molecule has 0 aliphatic carbocycles. The fraction of sp³-hybridized carbons (Fsp3) is 0.241. The van der Waals surface area contributed by atoms with Gasteiger partial charge in [0.25, 0.3) is 0 Å². The van der Waals surface area contributed by atoms with Crippen LogP contribution in [-0.2, 0) is 15.9 Å². The van der Waals surface area contributed by atoms with Gasteiger partial charge in [-0.2, -0.15) is 0 Å². The Morgan fingerprint density at radius 2 is 1.39 bits per heavy atom. The lowest BCUT2D eigenvalue weighted by atomic mass is 9.78. The zero-order valence-corrected chi connectivity index (χ0v) is 19.6.